The summed E-state index contributed by atoms with van der Waals surface area (Å²) in [6.07, 6.45) is 0. The lowest BCUT2D eigenvalue weighted by Gasteiger charge is -2.07. The van der Waals surface area contributed by atoms with E-state index in [-0.39, 0.29) is 0 Å². The molecule has 6 heteroatoms. The number of thiazole rings is 1. The van der Waals surface area contributed by atoms with Gasteiger partial charge in [-0.3, -0.25) is 0 Å². The summed E-state index contributed by atoms with van der Waals surface area (Å²) in [5.74, 6) is 1.16. The molecule has 90 valence electrons. The molecule has 0 radical (unpaired) electrons. The molecule has 2 heterocycles. The Morgan fingerprint density at radius 2 is 2.24 bits per heavy atom. The monoisotopic (exact) mass is 250 g/mol. The SMILES string of the molecule is COc1nc(NCc2csc(C)n2)ccc1N. The average molecular weight is 250 g/mol. The Labute approximate surface area is 104 Å². The highest BCUT2D eigenvalue weighted by molar-refractivity contribution is 7.09. The van der Waals surface area contributed by atoms with Crippen molar-refractivity contribution >= 4 is 22.8 Å². The molecule has 0 bridgehead atoms. The lowest BCUT2D eigenvalue weighted by molar-refractivity contribution is 0.401. The zero-order chi connectivity index (χ0) is 12.3. The number of nitrogens with two attached hydrogens (primary N) is 1. The molecule has 0 aliphatic carbocycles. The molecule has 0 amide bonds. The number of pyridine rings is 1. The summed E-state index contributed by atoms with van der Waals surface area (Å²) in [7, 11) is 1.55. The van der Waals surface area contributed by atoms with Gasteiger partial charge < -0.3 is 15.8 Å². The summed E-state index contributed by atoms with van der Waals surface area (Å²) < 4.78 is 5.05. The van der Waals surface area contributed by atoms with Gasteiger partial charge in [-0.2, -0.15) is 4.98 Å². The predicted molar refractivity (Wildman–Crippen MR) is 69.4 cm³/mol. The second kappa shape index (κ2) is 5.01. The van der Waals surface area contributed by atoms with Gasteiger partial charge in [0.25, 0.3) is 0 Å². The van der Waals surface area contributed by atoms with Gasteiger partial charge in [-0.15, -0.1) is 11.3 Å². The van der Waals surface area contributed by atoms with Crippen LogP contribution in [0.4, 0.5) is 11.5 Å². The minimum absolute atomic E-state index is 0.435. The van der Waals surface area contributed by atoms with E-state index in [9.17, 15) is 0 Å². The molecule has 0 spiro atoms. The number of methoxy groups -OCH3 is 1. The molecule has 0 atom stereocenters. The van der Waals surface area contributed by atoms with Crippen LogP contribution in [0.2, 0.25) is 0 Å². The number of rotatable bonds is 4. The lowest BCUT2D eigenvalue weighted by Crippen LogP contribution is -2.03. The molecule has 5 nitrogen and oxygen atoms in total. The van der Waals surface area contributed by atoms with Crippen molar-refractivity contribution in [3.05, 3.63) is 28.2 Å². The van der Waals surface area contributed by atoms with Crippen molar-refractivity contribution < 1.29 is 4.74 Å². The number of aromatic nitrogens is 2. The Morgan fingerprint density at radius 3 is 2.88 bits per heavy atom. The first kappa shape index (κ1) is 11.7. The fourth-order valence-electron chi connectivity index (χ4n) is 1.38. The van der Waals surface area contributed by atoms with E-state index in [0.29, 0.717) is 18.1 Å². The average Bonchev–Trinajstić information content (AvgIpc) is 2.74. The fraction of sp³-hybridized carbons (Fsp3) is 0.273. The van der Waals surface area contributed by atoms with Crippen LogP contribution in [0.25, 0.3) is 0 Å². The number of hydrogen-bond acceptors (Lipinski definition) is 6. The van der Waals surface area contributed by atoms with Crippen molar-refractivity contribution in [3.63, 3.8) is 0 Å². The molecule has 0 saturated carbocycles. The van der Waals surface area contributed by atoms with Crippen LogP contribution >= 0.6 is 11.3 Å². The van der Waals surface area contributed by atoms with Crippen molar-refractivity contribution in [2.24, 2.45) is 0 Å². The first-order valence-electron chi connectivity index (χ1n) is 5.14. The number of nitrogens with one attached hydrogen (secondary N) is 1. The standard InChI is InChI=1S/C11H14N4OS/c1-7-14-8(6-17-7)5-13-10-4-3-9(12)11(15-10)16-2/h3-4,6H,5,12H2,1-2H3,(H,13,15). The van der Waals surface area contributed by atoms with Crippen LogP contribution in [0.15, 0.2) is 17.5 Å². The van der Waals surface area contributed by atoms with E-state index in [1.54, 1.807) is 24.5 Å². The zero-order valence-electron chi connectivity index (χ0n) is 9.73. The van der Waals surface area contributed by atoms with Crippen LogP contribution in [-0.4, -0.2) is 17.1 Å². The maximum absolute atomic E-state index is 5.68. The normalized spacial score (nSPS) is 10.2. The van der Waals surface area contributed by atoms with E-state index in [1.165, 1.54) is 0 Å². The van der Waals surface area contributed by atoms with Gasteiger partial charge in [-0.05, 0) is 19.1 Å². The van der Waals surface area contributed by atoms with Gasteiger partial charge in [0.1, 0.15) is 5.82 Å². The molecule has 2 rings (SSSR count). The quantitative estimate of drug-likeness (QED) is 0.868. The van der Waals surface area contributed by atoms with Crippen molar-refractivity contribution in [3.8, 4) is 5.88 Å². The van der Waals surface area contributed by atoms with Gasteiger partial charge in [0, 0.05) is 5.38 Å². The summed E-state index contributed by atoms with van der Waals surface area (Å²) >= 11 is 1.63. The van der Waals surface area contributed by atoms with Crippen LogP contribution in [0.1, 0.15) is 10.7 Å². The Balaban J connectivity index is 2.04. The number of anilines is 2. The molecular formula is C11H14N4OS. The van der Waals surface area contributed by atoms with E-state index in [0.717, 1.165) is 16.5 Å². The molecule has 2 aromatic rings. The van der Waals surface area contributed by atoms with Crippen molar-refractivity contribution in [2.45, 2.75) is 13.5 Å². The number of ether oxygens (including phenoxy) is 1. The van der Waals surface area contributed by atoms with Gasteiger partial charge in [-0.25, -0.2) is 4.98 Å². The Bertz CT molecular complexity index is 512. The minimum Gasteiger partial charge on any atom is -0.479 e. The Kier molecular flexibility index (Phi) is 3.43. The molecule has 0 aliphatic heterocycles. The molecule has 0 fully saturated rings. The van der Waals surface area contributed by atoms with Crippen molar-refractivity contribution in [2.75, 3.05) is 18.2 Å². The number of nitrogens with zero attached hydrogens (tertiary/aromatic N) is 2. The Morgan fingerprint density at radius 1 is 1.41 bits per heavy atom. The van der Waals surface area contributed by atoms with Crippen LogP contribution in [0, 0.1) is 6.92 Å². The van der Waals surface area contributed by atoms with Gasteiger partial charge in [0.05, 0.1) is 30.0 Å². The lowest BCUT2D eigenvalue weighted by atomic mass is 10.4. The summed E-state index contributed by atoms with van der Waals surface area (Å²) in [5, 5.41) is 6.26. The van der Waals surface area contributed by atoms with E-state index >= 15 is 0 Å². The molecule has 17 heavy (non-hydrogen) atoms. The molecule has 0 aromatic carbocycles. The highest BCUT2D eigenvalue weighted by atomic mass is 32.1. The summed E-state index contributed by atoms with van der Waals surface area (Å²) in [6.45, 7) is 2.63. The van der Waals surface area contributed by atoms with Crippen LogP contribution in [0.3, 0.4) is 0 Å². The minimum atomic E-state index is 0.435. The van der Waals surface area contributed by atoms with Crippen LogP contribution in [0.5, 0.6) is 5.88 Å². The molecule has 0 aliphatic rings. The van der Waals surface area contributed by atoms with E-state index < -0.39 is 0 Å². The summed E-state index contributed by atoms with van der Waals surface area (Å²) in [4.78, 5) is 8.59. The van der Waals surface area contributed by atoms with Crippen LogP contribution in [-0.2, 0) is 6.54 Å². The third kappa shape index (κ3) is 2.85. The molecule has 0 saturated heterocycles. The second-order valence-electron chi connectivity index (χ2n) is 3.51. The number of hydrogen-bond donors (Lipinski definition) is 2. The first-order chi connectivity index (χ1) is 8.19. The second-order valence-corrected chi connectivity index (χ2v) is 4.57. The van der Waals surface area contributed by atoms with Crippen molar-refractivity contribution in [1.82, 2.24) is 9.97 Å². The maximum Gasteiger partial charge on any atom is 0.238 e. The summed E-state index contributed by atoms with van der Waals surface area (Å²) in [5.41, 5.74) is 7.22. The van der Waals surface area contributed by atoms with E-state index in [1.807, 2.05) is 18.4 Å². The first-order valence-corrected chi connectivity index (χ1v) is 6.02. The summed E-state index contributed by atoms with van der Waals surface area (Å²) in [6, 6.07) is 3.58. The Hall–Kier alpha value is -1.82. The van der Waals surface area contributed by atoms with E-state index in [4.69, 9.17) is 10.5 Å². The largest absolute Gasteiger partial charge is 0.479 e. The molecule has 3 N–H and O–H groups in total. The van der Waals surface area contributed by atoms with Gasteiger partial charge >= 0.3 is 0 Å². The molecule has 2 aromatic heterocycles. The predicted octanol–water partition coefficient (Wildman–Crippen LogP) is 2.05. The maximum atomic E-state index is 5.68. The van der Waals surface area contributed by atoms with Gasteiger partial charge in [0.2, 0.25) is 5.88 Å². The van der Waals surface area contributed by atoms with E-state index in [2.05, 4.69) is 15.3 Å². The number of aryl methyl sites for hydroxylation is 1. The van der Waals surface area contributed by atoms with Gasteiger partial charge in [0.15, 0.2) is 0 Å². The number of nitrogen functional groups attached to an aromatic ring is 1. The smallest absolute Gasteiger partial charge is 0.238 e. The highest BCUT2D eigenvalue weighted by Crippen LogP contribution is 2.20. The third-order valence-corrected chi connectivity index (χ3v) is 3.02. The zero-order valence-corrected chi connectivity index (χ0v) is 10.5. The van der Waals surface area contributed by atoms with Crippen molar-refractivity contribution in [1.29, 1.82) is 0 Å². The topological polar surface area (TPSA) is 73.1 Å². The molecular weight excluding hydrogens is 236 g/mol. The van der Waals surface area contributed by atoms with Gasteiger partial charge in [-0.1, -0.05) is 0 Å². The third-order valence-electron chi connectivity index (χ3n) is 2.20. The fourth-order valence-corrected chi connectivity index (χ4v) is 2.00. The molecule has 0 unspecified atom stereocenters. The highest BCUT2D eigenvalue weighted by Gasteiger charge is 2.03. The van der Waals surface area contributed by atoms with Crippen LogP contribution < -0.4 is 15.8 Å².